The van der Waals surface area contributed by atoms with Crippen molar-refractivity contribution >= 4 is 5.97 Å². The second kappa shape index (κ2) is 3.33. The highest BCUT2D eigenvalue weighted by Gasteiger charge is 2.50. The van der Waals surface area contributed by atoms with Gasteiger partial charge < -0.3 is 9.47 Å². The minimum absolute atomic E-state index is 0.169. The Morgan fingerprint density at radius 2 is 2.00 bits per heavy atom. The van der Waals surface area contributed by atoms with E-state index in [4.69, 9.17) is 9.47 Å². The normalized spacial score (nSPS) is 30.1. The minimum atomic E-state index is -0.827. The first kappa shape index (κ1) is 10.8. The van der Waals surface area contributed by atoms with Gasteiger partial charge in [-0.25, -0.2) is 0 Å². The molecule has 1 atom stereocenters. The summed E-state index contributed by atoms with van der Waals surface area (Å²) in [6.45, 7) is 3.60. The maximum absolute atomic E-state index is 11.7. The molecule has 0 aromatic heterocycles. The molecule has 1 aliphatic carbocycles. The quantitative estimate of drug-likeness (QED) is 0.645. The third-order valence-corrected chi connectivity index (χ3v) is 3.54. The van der Waals surface area contributed by atoms with E-state index >= 15 is 0 Å². The zero-order valence-corrected chi connectivity index (χ0v) is 10.2. The third kappa shape index (κ3) is 1.65. The maximum atomic E-state index is 11.7. The van der Waals surface area contributed by atoms with Crippen molar-refractivity contribution in [1.82, 2.24) is 0 Å². The number of ether oxygens (including phenoxy) is 2. The van der Waals surface area contributed by atoms with Gasteiger partial charge >= 0.3 is 5.97 Å². The Balaban J connectivity index is 2.06. The van der Waals surface area contributed by atoms with E-state index in [1.807, 2.05) is 12.1 Å². The number of hydrogen-bond acceptors (Lipinski definition) is 3. The molecule has 0 N–H and O–H groups in total. The monoisotopic (exact) mass is 232 g/mol. The fraction of sp³-hybridized carbons (Fsp3) is 0.500. The Morgan fingerprint density at radius 3 is 2.76 bits per heavy atom. The van der Waals surface area contributed by atoms with E-state index in [2.05, 4.69) is 12.1 Å². The zero-order chi connectivity index (χ0) is 12.1. The molecule has 1 unspecified atom stereocenters. The third-order valence-electron chi connectivity index (χ3n) is 3.54. The Labute approximate surface area is 101 Å². The summed E-state index contributed by atoms with van der Waals surface area (Å²) >= 11 is 0. The summed E-state index contributed by atoms with van der Waals surface area (Å²) in [6, 6.07) is 8.21. The fourth-order valence-electron chi connectivity index (χ4n) is 3.01. The number of carbonyl (C=O) groups is 1. The van der Waals surface area contributed by atoms with Gasteiger partial charge in [-0.2, -0.15) is 0 Å². The summed E-state index contributed by atoms with van der Waals surface area (Å²) in [5.74, 6) is -0.995. The molecule has 3 nitrogen and oxygen atoms in total. The van der Waals surface area contributed by atoms with E-state index in [1.165, 1.54) is 5.56 Å². The number of esters is 1. The summed E-state index contributed by atoms with van der Waals surface area (Å²) in [4.78, 5) is 11.7. The fourth-order valence-corrected chi connectivity index (χ4v) is 3.01. The van der Waals surface area contributed by atoms with E-state index in [9.17, 15) is 4.79 Å². The van der Waals surface area contributed by atoms with Crippen LogP contribution in [-0.4, -0.2) is 11.8 Å². The molecule has 3 rings (SSSR count). The van der Waals surface area contributed by atoms with Gasteiger partial charge in [-0.15, -0.1) is 0 Å². The SMILES string of the molecule is CC1(C)OC(=O)CC2(CCc3ccccc32)O1. The van der Waals surface area contributed by atoms with Crippen LogP contribution < -0.4 is 0 Å². The number of carbonyl (C=O) groups excluding carboxylic acids is 1. The number of rotatable bonds is 0. The number of hydrogen-bond donors (Lipinski definition) is 0. The Morgan fingerprint density at radius 1 is 1.24 bits per heavy atom. The van der Waals surface area contributed by atoms with Crippen molar-refractivity contribution in [3.05, 3.63) is 35.4 Å². The van der Waals surface area contributed by atoms with Crippen LogP contribution in [0.3, 0.4) is 0 Å². The van der Waals surface area contributed by atoms with Gasteiger partial charge in [-0.1, -0.05) is 24.3 Å². The van der Waals surface area contributed by atoms with E-state index in [1.54, 1.807) is 13.8 Å². The van der Waals surface area contributed by atoms with Gasteiger partial charge in [-0.05, 0) is 24.0 Å². The van der Waals surface area contributed by atoms with Crippen LogP contribution in [0.25, 0.3) is 0 Å². The molecular weight excluding hydrogens is 216 g/mol. The molecule has 1 aliphatic heterocycles. The molecule has 17 heavy (non-hydrogen) atoms. The first-order valence-corrected chi connectivity index (χ1v) is 6.01. The van der Waals surface area contributed by atoms with E-state index in [0.717, 1.165) is 18.4 Å². The molecule has 0 bridgehead atoms. The van der Waals surface area contributed by atoms with Gasteiger partial charge in [-0.3, -0.25) is 4.79 Å². The number of fused-ring (bicyclic) bond motifs is 2. The van der Waals surface area contributed by atoms with Gasteiger partial charge in [0.1, 0.15) is 5.60 Å². The predicted molar refractivity (Wildman–Crippen MR) is 62.3 cm³/mol. The summed E-state index contributed by atoms with van der Waals surface area (Å²) in [5.41, 5.74) is 1.98. The molecule has 1 saturated heterocycles. The summed E-state index contributed by atoms with van der Waals surface area (Å²) < 4.78 is 11.3. The average Bonchev–Trinajstić information content (AvgIpc) is 2.55. The van der Waals surface area contributed by atoms with Crippen molar-refractivity contribution in [3.8, 4) is 0 Å². The second-order valence-electron chi connectivity index (χ2n) is 5.30. The van der Waals surface area contributed by atoms with Gasteiger partial charge in [0.05, 0.1) is 6.42 Å². The highest BCUT2D eigenvalue weighted by Crippen LogP contribution is 2.47. The summed E-state index contributed by atoms with van der Waals surface area (Å²) in [7, 11) is 0. The lowest BCUT2D eigenvalue weighted by Crippen LogP contribution is -2.48. The zero-order valence-electron chi connectivity index (χ0n) is 10.2. The smallest absolute Gasteiger partial charge is 0.311 e. The minimum Gasteiger partial charge on any atom is -0.434 e. The van der Waals surface area contributed by atoms with Crippen LogP contribution in [0.15, 0.2) is 24.3 Å². The predicted octanol–water partition coefficient (Wildman–Crippen LogP) is 2.53. The van der Waals surface area contributed by atoms with Gasteiger partial charge in [0.2, 0.25) is 5.79 Å². The lowest BCUT2D eigenvalue weighted by molar-refractivity contribution is -0.293. The Hall–Kier alpha value is -1.35. The molecule has 2 aliphatic rings. The van der Waals surface area contributed by atoms with Crippen molar-refractivity contribution in [1.29, 1.82) is 0 Å². The molecule has 1 spiro atoms. The second-order valence-corrected chi connectivity index (χ2v) is 5.30. The molecule has 90 valence electrons. The topological polar surface area (TPSA) is 35.5 Å². The van der Waals surface area contributed by atoms with E-state index < -0.39 is 11.4 Å². The van der Waals surface area contributed by atoms with Crippen molar-refractivity contribution < 1.29 is 14.3 Å². The Kier molecular flexibility index (Phi) is 2.11. The van der Waals surface area contributed by atoms with Crippen LogP contribution in [0.1, 0.15) is 37.8 Å². The van der Waals surface area contributed by atoms with Crippen LogP contribution in [0.2, 0.25) is 0 Å². The molecule has 1 aromatic rings. The van der Waals surface area contributed by atoms with Crippen molar-refractivity contribution in [2.75, 3.05) is 0 Å². The largest absolute Gasteiger partial charge is 0.434 e. The molecule has 0 amide bonds. The first-order chi connectivity index (χ1) is 8.01. The molecule has 1 aromatic carbocycles. The van der Waals surface area contributed by atoms with Gasteiger partial charge in [0.25, 0.3) is 0 Å². The molecule has 1 heterocycles. The van der Waals surface area contributed by atoms with Crippen molar-refractivity contribution in [2.24, 2.45) is 0 Å². The van der Waals surface area contributed by atoms with Crippen LogP contribution in [0.5, 0.6) is 0 Å². The van der Waals surface area contributed by atoms with E-state index in [-0.39, 0.29) is 5.97 Å². The maximum Gasteiger partial charge on any atom is 0.311 e. The summed E-state index contributed by atoms with van der Waals surface area (Å²) in [6.07, 6.45) is 2.16. The Bertz CT molecular complexity index is 478. The molecular formula is C14H16O3. The standard InChI is InChI=1S/C14H16O3/c1-13(2)16-12(15)9-14(17-13)8-7-10-5-3-4-6-11(10)14/h3-6H,7-9H2,1-2H3. The number of cyclic esters (lactones) is 1. The summed E-state index contributed by atoms with van der Waals surface area (Å²) in [5, 5.41) is 0. The highest BCUT2D eigenvalue weighted by molar-refractivity contribution is 5.72. The van der Waals surface area contributed by atoms with Crippen LogP contribution in [0.4, 0.5) is 0 Å². The van der Waals surface area contributed by atoms with E-state index in [0.29, 0.717) is 6.42 Å². The molecule has 3 heteroatoms. The number of aryl methyl sites for hydroxylation is 1. The first-order valence-electron chi connectivity index (χ1n) is 6.01. The van der Waals surface area contributed by atoms with Gasteiger partial charge in [0, 0.05) is 13.8 Å². The van der Waals surface area contributed by atoms with Crippen molar-refractivity contribution in [3.63, 3.8) is 0 Å². The van der Waals surface area contributed by atoms with Gasteiger partial charge in [0.15, 0.2) is 0 Å². The average molecular weight is 232 g/mol. The van der Waals surface area contributed by atoms with Crippen LogP contribution >= 0.6 is 0 Å². The highest BCUT2D eigenvalue weighted by atomic mass is 16.7. The number of benzene rings is 1. The molecule has 0 saturated carbocycles. The van der Waals surface area contributed by atoms with Crippen LogP contribution in [0, 0.1) is 0 Å². The lowest BCUT2D eigenvalue weighted by Gasteiger charge is -2.42. The molecule has 1 fully saturated rings. The molecule has 0 radical (unpaired) electrons. The van der Waals surface area contributed by atoms with Crippen molar-refractivity contribution in [2.45, 2.75) is 44.5 Å². The lowest BCUT2D eigenvalue weighted by atomic mass is 9.90. The van der Waals surface area contributed by atoms with Crippen LogP contribution in [-0.2, 0) is 26.3 Å².